The lowest BCUT2D eigenvalue weighted by molar-refractivity contribution is 0.626. The van der Waals surface area contributed by atoms with Crippen LogP contribution in [-0.2, 0) is 6.54 Å². The standard InChI is InChI=1S/C14H10ClN3O2/c15-12-7-3-4-9(16-12)8-18-14(20)11-6-2-1-5-10(11)13(19)17-18/h1-7H,8H2,(H,17,19). The smallest absolute Gasteiger partial charge is 0.267 e. The molecular weight excluding hydrogens is 278 g/mol. The van der Waals surface area contributed by atoms with E-state index in [1.165, 1.54) is 4.68 Å². The van der Waals surface area contributed by atoms with Crippen molar-refractivity contribution in [2.24, 2.45) is 0 Å². The van der Waals surface area contributed by atoms with Gasteiger partial charge in [0.15, 0.2) is 0 Å². The van der Waals surface area contributed by atoms with Crippen LogP contribution in [0.1, 0.15) is 5.69 Å². The first-order valence-corrected chi connectivity index (χ1v) is 6.36. The van der Waals surface area contributed by atoms with Crippen molar-refractivity contribution in [3.8, 4) is 0 Å². The first kappa shape index (κ1) is 12.6. The third kappa shape index (κ3) is 2.23. The number of nitrogens with one attached hydrogen (secondary N) is 1. The number of aromatic nitrogens is 3. The molecule has 0 bridgehead atoms. The zero-order valence-electron chi connectivity index (χ0n) is 10.3. The van der Waals surface area contributed by atoms with Crippen LogP contribution in [0.5, 0.6) is 0 Å². The molecule has 0 spiro atoms. The predicted molar refractivity (Wildman–Crippen MR) is 77.2 cm³/mol. The average Bonchev–Trinajstić information content (AvgIpc) is 2.45. The summed E-state index contributed by atoms with van der Waals surface area (Å²) in [4.78, 5) is 28.4. The fraction of sp³-hybridized carbons (Fsp3) is 0.0714. The highest BCUT2D eigenvalue weighted by molar-refractivity contribution is 6.29. The van der Waals surface area contributed by atoms with Gasteiger partial charge in [0.05, 0.1) is 23.0 Å². The van der Waals surface area contributed by atoms with Crippen molar-refractivity contribution in [1.82, 2.24) is 14.8 Å². The minimum Gasteiger partial charge on any atom is -0.267 e. The molecule has 20 heavy (non-hydrogen) atoms. The van der Waals surface area contributed by atoms with E-state index in [1.54, 1.807) is 42.5 Å². The van der Waals surface area contributed by atoms with Gasteiger partial charge in [-0.15, -0.1) is 0 Å². The molecule has 0 atom stereocenters. The van der Waals surface area contributed by atoms with E-state index < -0.39 is 0 Å². The molecule has 1 aromatic carbocycles. The lowest BCUT2D eigenvalue weighted by Crippen LogP contribution is -2.30. The van der Waals surface area contributed by atoms with Gasteiger partial charge in [0.25, 0.3) is 11.1 Å². The van der Waals surface area contributed by atoms with Crippen LogP contribution in [0.15, 0.2) is 52.1 Å². The number of H-pyrrole nitrogens is 1. The molecule has 0 aliphatic heterocycles. The molecule has 0 fully saturated rings. The van der Waals surface area contributed by atoms with Gasteiger partial charge in [-0.25, -0.2) is 9.67 Å². The van der Waals surface area contributed by atoms with Crippen LogP contribution in [0, 0.1) is 0 Å². The van der Waals surface area contributed by atoms with E-state index in [1.807, 2.05) is 0 Å². The summed E-state index contributed by atoms with van der Waals surface area (Å²) in [6.07, 6.45) is 0. The number of pyridine rings is 1. The SMILES string of the molecule is O=c1[nH]n(Cc2cccc(Cl)n2)c(=O)c2ccccc12. The van der Waals surface area contributed by atoms with Gasteiger partial charge in [0.1, 0.15) is 5.15 Å². The van der Waals surface area contributed by atoms with E-state index in [-0.39, 0.29) is 17.7 Å². The van der Waals surface area contributed by atoms with Crippen LogP contribution in [0.3, 0.4) is 0 Å². The third-order valence-electron chi connectivity index (χ3n) is 2.98. The Morgan fingerprint density at radius 1 is 1.05 bits per heavy atom. The first-order chi connectivity index (χ1) is 9.65. The highest BCUT2D eigenvalue weighted by Gasteiger charge is 2.07. The molecule has 0 aliphatic carbocycles. The quantitative estimate of drug-likeness (QED) is 0.731. The number of rotatable bonds is 2. The van der Waals surface area contributed by atoms with Crippen molar-refractivity contribution >= 4 is 22.4 Å². The topological polar surface area (TPSA) is 67.8 Å². The van der Waals surface area contributed by atoms with Crippen LogP contribution in [-0.4, -0.2) is 14.8 Å². The minimum atomic E-state index is -0.303. The minimum absolute atomic E-state index is 0.166. The van der Waals surface area contributed by atoms with E-state index >= 15 is 0 Å². The number of hydrogen-bond donors (Lipinski definition) is 1. The van der Waals surface area contributed by atoms with E-state index in [0.29, 0.717) is 21.6 Å². The second kappa shape index (κ2) is 4.94. The molecule has 6 heteroatoms. The van der Waals surface area contributed by atoms with Gasteiger partial charge in [-0.05, 0) is 24.3 Å². The molecule has 0 aliphatic rings. The van der Waals surface area contributed by atoms with Crippen molar-refractivity contribution in [2.75, 3.05) is 0 Å². The summed E-state index contributed by atoms with van der Waals surface area (Å²) < 4.78 is 1.24. The molecule has 3 rings (SSSR count). The number of aromatic amines is 1. The molecule has 2 heterocycles. The fourth-order valence-corrected chi connectivity index (χ4v) is 2.24. The highest BCUT2D eigenvalue weighted by Crippen LogP contribution is 2.06. The van der Waals surface area contributed by atoms with E-state index in [9.17, 15) is 9.59 Å². The second-order valence-corrected chi connectivity index (χ2v) is 4.72. The summed E-state index contributed by atoms with van der Waals surface area (Å²) in [6, 6.07) is 11.8. The first-order valence-electron chi connectivity index (χ1n) is 5.98. The average molecular weight is 288 g/mol. The van der Waals surface area contributed by atoms with E-state index in [0.717, 1.165) is 0 Å². The number of halogens is 1. The monoisotopic (exact) mass is 287 g/mol. The van der Waals surface area contributed by atoms with Crippen molar-refractivity contribution in [1.29, 1.82) is 0 Å². The number of benzene rings is 1. The number of hydrogen-bond acceptors (Lipinski definition) is 3. The Labute approximate surface area is 118 Å². The van der Waals surface area contributed by atoms with Crippen LogP contribution < -0.4 is 11.1 Å². The Bertz CT molecular complexity index is 899. The normalized spacial score (nSPS) is 10.8. The molecule has 100 valence electrons. The Kier molecular flexibility index (Phi) is 3.12. The highest BCUT2D eigenvalue weighted by atomic mass is 35.5. The molecule has 0 saturated heterocycles. The Hall–Kier alpha value is -2.40. The summed E-state index contributed by atoms with van der Waals surface area (Å²) >= 11 is 5.81. The summed E-state index contributed by atoms with van der Waals surface area (Å²) in [5.74, 6) is 0. The lowest BCUT2D eigenvalue weighted by atomic mass is 10.2. The summed E-state index contributed by atoms with van der Waals surface area (Å²) in [5.41, 5.74) is 0.0368. The summed E-state index contributed by atoms with van der Waals surface area (Å²) in [6.45, 7) is 0.166. The van der Waals surface area contributed by atoms with Gasteiger partial charge in [0, 0.05) is 0 Å². The lowest BCUT2D eigenvalue weighted by Gasteiger charge is -2.06. The van der Waals surface area contributed by atoms with Crippen molar-refractivity contribution < 1.29 is 0 Å². The van der Waals surface area contributed by atoms with Gasteiger partial charge in [0.2, 0.25) is 0 Å². The van der Waals surface area contributed by atoms with Gasteiger partial charge in [-0.1, -0.05) is 29.8 Å². The van der Waals surface area contributed by atoms with Gasteiger partial charge in [-0.3, -0.25) is 14.7 Å². The van der Waals surface area contributed by atoms with E-state index in [4.69, 9.17) is 11.6 Å². The fourth-order valence-electron chi connectivity index (χ4n) is 2.06. The van der Waals surface area contributed by atoms with Crippen molar-refractivity contribution in [2.45, 2.75) is 6.54 Å². The second-order valence-electron chi connectivity index (χ2n) is 4.33. The number of nitrogens with zero attached hydrogens (tertiary/aromatic N) is 2. The maximum Gasteiger partial charge on any atom is 0.273 e. The Balaban J connectivity index is 2.16. The molecule has 0 radical (unpaired) electrons. The summed E-state index contributed by atoms with van der Waals surface area (Å²) in [5, 5.41) is 3.67. The molecule has 0 amide bonds. The van der Waals surface area contributed by atoms with Gasteiger partial charge in [-0.2, -0.15) is 0 Å². The number of fused-ring (bicyclic) bond motifs is 1. The van der Waals surface area contributed by atoms with Crippen LogP contribution in [0.2, 0.25) is 5.15 Å². The molecule has 3 aromatic rings. The van der Waals surface area contributed by atoms with Gasteiger partial charge >= 0.3 is 0 Å². The zero-order valence-corrected chi connectivity index (χ0v) is 11.1. The maximum atomic E-state index is 12.3. The van der Waals surface area contributed by atoms with Crippen molar-refractivity contribution in [3.05, 3.63) is 74.0 Å². The van der Waals surface area contributed by atoms with Gasteiger partial charge < -0.3 is 0 Å². The van der Waals surface area contributed by atoms with E-state index in [2.05, 4.69) is 10.1 Å². The maximum absolute atomic E-state index is 12.3. The molecule has 0 saturated carbocycles. The summed E-state index contributed by atoms with van der Waals surface area (Å²) in [7, 11) is 0. The molecule has 0 unspecified atom stereocenters. The third-order valence-corrected chi connectivity index (χ3v) is 3.19. The molecule has 1 N–H and O–H groups in total. The molecule has 5 nitrogen and oxygen atoms in total. The van der Waals surface area contributed by atoms with Crippen LogP contribution in [0.4, 0.5) is 0 Å². The van der Waals surface area contributed by atoms with Crippen LogP contribution in [0.25, 0.3) is 10.8 Å². The molecular formula is C14H10ClN3O2. The van der Waals surface area contributed by atoms with Crippen LogP contribution >= 0.6 is 11.6 Å². The van der Waals surface area contributed by atoms with Crippen molar-refractivity contribution in [3.63, 3.8) is 0 Å². The predicted octanol–water partition coefficient (Wildman–Crippen LogP) is 1.79. The molecule has 2 aromatic heterocycles. The largest absolute Gasteiger partial charge is 0.273 e. The zero-order chi connectivity index (χ0) is 14.1. The Morgan fingerprint density at radius 3 is 2.55 bits per heavy atom. The Morgan fingerprint density at radius 2 is 1.80 bits per heavy atom.